The summed E-state index contributed by atoms with van der Waals surface area (Å²) in [6, 6.07) is 19.7. The Hall–Kier alpha value is -2.39. The van der Waals surface area contributed by atoms with Gasteiger partial charge in [0.25, 0.3) is 0 Å². The Bertz CT molecular complexity index is 895. The van der Waals surface area contributed by atoms with Crippen LogP contribution in [0.4, 0.5) is 0 Å². The molecule has 0 radical (unpaired) electrons. The Kier molecular flexibility index (Phi) is 8.66. The van der Waals surface area contributed by atoms with Crippen LogP contribution in [0.3, 0.4) is 0 Å². The van der Waals surface area contributed by atoms with Gasteiger partial charge in [0.1, 0.15) is 5.60 Å². The maximum absolute atomic E-state index is 10.8. The van der Waals surface area contributed by atoms with Crippen molar-refractivity contribution >= 4 is 29.9 Å². The number of nitrogens with zero attached hydrogens (tertiary/aromatic N) is 3. The molecule has 6 nitrogen and oxygen atoms in total. The van der Waals surface area contributed by atoms with E-state index in [9.17, 15) is 5.11 Å². The highest BCUT2D eigenvalue weighted by molar-refractivity contribution is 14.0. The fourth-order valence-electron chi connectivity index (χ4n) is 2.89. The Morgan fingerprint density at radius 1 is 1.10 bits per heavy atom. The van der Waals surface area contributed by atoms with Crippen LogP contribution in [0.15, 0.2) is 78.0 Å². The second-order valence-corrected chi connectivity index (χ2v) is 6.81. The first kappa shape index (κ1) is 22.9. The fourth-order valence-corrected chi connectivity index (χ4v) is 2.89. The predicted octanol–water partition coefficient (Wildman–Crippen LogP) is 3.45. The Morgan fingerprint density at radius 2 is 1.90 bits per heavy atom. The van der Waals surface area contributed by atoms with Crippen molar-refractivity contribution in [3.8, 4) is 5.69 Å². The van der Waals surface area contributed by atoms with Gasteiger partial charge >= 0.3 is 0 Å². The fraction of sp³-hybridized carbons (Fsp3) is 0.273. The van der Waals surface area contributed by atoms with Gasteiger partial charge in [-0.1, -0.05) is 42.5 Å². The number of halogens is 1. The molecular weight excluding hydrogens is 477 g/mol. The molecule has 7 heteroatoms. The monoisotopic (exact) mass is 505 g/mol. The van der Waals surface area contributed by atoms with E-state index in [4.69, 9.17) is 0 Å². The van der Waals surface area contributed by atoms with Gasteiger partial charge in [-0.3, -0.25) is 0 Å². The highest BCUT2D eigenvalue weighted by atomic mass is 127. The molecule has 3 rings (SSSR count). The molecule has 0 amide bonds. The van der Waals surface area contributed by atoms with Gasteiger partial charge < -0.3 is 15.7 Å². The molecule has 0 aliphatic carbocycles. The lowest BCUT2D eigenvalue weighted by atomic mass is 9.96. The van der Waals surface area contributed by atoms with Crippen LogP contribution in [-0.2, 0) is 12.1 Å². The number of guanidine groups is 1. The summed E-state index contributed by atoms with van der Waals surface area (Å²) in [6.07, 6.45) is 3.68. The summed E-state index contributed by atoms with van der Waals surface area (Å²) in [5.74, 6) is 0.670. The van der Waals surface area contributed by atoms with E-state index in [2.05, 4.69) is 26.8 Å². The minimum absolute atomic E-state index is 0. The first-order chi connectivity index (χ1) is 13.6. The molecule has 0 aliphatic heterocycles. The van der Waals surface area contributed by atoms with Crippen LogP contribution in [0, 0.1) is 0 Å². The van der Waals surface area contributed by atoms with Crippen molar-refractivity contribution in [1.82, 2.24) is 20.4 Å². The van der Waals surface area contributed by atoms with Crippen molar-refractivity contribution in [2.45, 2.75) is 26.0 Å². The van der Waals surface area contributed by atoms with E-state index in [1.54, 1.807) is 13.1 Å². The quantitative estimate of drug-likeness (QED) is 0.261. The van der Waals surface area contributed by atoms with E-state index in [1.807, 2.05) is 72.4 Å². The summed E-state index contributed by atoms with van der Waals surface area (Å²) in [5, 5.41) is 21.5. The standard InChI is InChI=1S/C22H27N5O.HI/c1-3-23-21(25-17-22(2,28)19-10-5-4-6-11-19)24-16-18-9-7-12-20(15-18)27-14-8-13-26-27;/h4-15,28H,3,16-17H2,1-2H3,(H2,23,24,25);1H. The van der Waals surface area contributed by atoms with E-state index < -0.39 is 5.60 Å². The zero-order valence-electron chi connectivity index (χ0n) is 16.7. The highest BCUT2D eigenvalue weighted by Gasteiger charge is 2.22. The third-order valence-electron chi connectivity index (χ3n) is 4.44. The molecular formula is C22H28IN5O. The number of nitrogens with one attached hydrogen (secondary N) is 2. The van der Waals surface area contributed by atoms with Gasteiger partial charge in [-0.25, -0.2) is 9.67 Å². The van der Waals surface area contributed by atoms with Crippen LogP contribution in [-0.4, -0.2) is 33.9 Å². The summed E-state index contributed by atoms with van der Waals surface area (Å²) in [4.78, 5) is 4.66. The molecule has 0 saturated heterocycles. The third-order valence-corrected chi connectivity index (χ3v) is 4.44. The second kappa shape index (κ2) is 11.0. The molecule has 154 valence electrons. The zero-order chi connectivity index (χ0) is 19.8. The van der Waals surface area contributed by atoms with E-state index >= 15 is 0 Å². The molecule has 1 aromatic heterocycles. The van der Waals surface area contributed by atoms with Gasteiger partial charge in [0, 0.05) is 18.9 Å². The summed E-state index contributed by atoms with van der Waals surface area (Å²) in [7, 11) is 0. The molecule has 0 saturated carbocycles. The van der Waals surface area contributed by atoms with Crippen LogP contribution >= 0.6 is 24.0 Å². The molecule has 3 N–H and O–H groups in total. The van der Waals surface area contributed by atoms with Gasteiger partial charge in [-0.15, -0.1) is 24.0 Å². The minimum Gasteiger partial charge on any atom is -0.384 e. The van der Waals surface area contributed by atoms with Gasteiger partial charge in [-0.2, -0.15) is 5.10 Å². The van der Waals surface area contributed by atoms with Crippen LogP contribution in [0.5, 0.6) is 0 Å². The molecule has 29 heavy (non-hydrogen) atoms. The van der Waals surface area contributed by atoms with Crippen LogP contribution < -0.4 is 10.6 Å². The molecule has 0 spiro atoms. The number of hydrogen-bond donors (Lipinski definition) is 3. The molecule has 3 aromatic rings. The van der Waals surface area contributed by atoms with Crippen molar-refractivity contribution in [3.05, 3.63) is 84.2 Å². The molecule has 0 bridgehead atoms. The predicted molar refractivity (Wildman–Crippen MR) is 128 cm³/mol. The summed E-state index contributed by atoms with van der Waals surface area (Å²) < 4.78 is 1.83. The van der Waals surface area contributed by atoms with Crippen molar-refractivity contribution in [2.24, 2.45) is 4.99 Å². The number of rotatable bonds is 7. The molecule has 1 atom stereocenters. The molecule has 2 aromatic carbocycles. The molecule has 0 aliphatic rings. The van der Waals surface area contributed by atoms with E-state index in [1.165, 1.54) is 0 Å². The Labute approximate surface area is 189 Å². The van der Waals surface area contributed by atoms with Crippen molar-refractivity contribution in [1.29, 1.82) is 0 Å². The average molecular weight is 505 g/mol. The maximum Gasteiger partial charge on any atom is 0.191 e. The first-order valence-corrected chi connectivity index (χ1v) is 9.47. The lowest BCUT2D eigenvalue weighted by Gasteiger charge is -2.25. The first-order valence-electron chi connectivity index (χ1n) is 9.47. The number of hydrogen-bond acceptors (Lipinski definition) is 3. The Morgan fingerprint density at radius 3 is 2.59 bits per heavy atom. The lowest BCUT2D eigenvalue weighted by Crippen LogP contribution is -2.44. The SMILES string of the molecule is CCNC(=NCc1cccc(-n2cccn2)c1)NCC(C)(O)c1ccccc1.I. The molecule has 1 heterocycles. The van der Waals surface area contributed by atoms with Crippen molar-refractivity contribution < 1.29 is 5.11 Å². The average Bonchev–Trinajstić information content (AvgIpc) is 3.26. The van der Waals surface area contributed by atoms with E-state index in [0.717, 1.165) is 23.4 Å². The van der Waals surface area contributed by atoms with Gasteiger partial charge in [0.15, 0.2) is 5.96 Å². The number of benzene rings is 2. The van der Waals surface area contributed by atoms with Crippen molar-refractivity contribution in [2.75, 3.05) is 13.1 Å². The van der Waals surface area contributed by atoms with E-state index in [0.29, 0.717) is 19.0 Å². The summed E-state index contributed by atoms with van der Waals surface area (Å²) in [5.41, 5.74) is 1.96. The molecule has 1 unspecified atom stereocenters. The topological polar surface area (TPSA) is 74.5 Å². The van der Waals surface area contributed by atoms with Crippen molar-refractivity contribution in [3.63, 3.8) is 0 Å². The maximum atomic E-state index is 10.8. The van der Waals surface area contributed by atoms with E-state index in [-0.39, 0.29) is 24.0 Å². The Balaban J connectivity index is 0.00000300. The third kappa shape index (κ3) is 6.57. The normalized spacial score (nSPS) is 13.3. The van der Waals surface area contributed by atoms with Gasteiger partial charge in [0.2, 0.25) is 0 Å². The second-order valence-electron chi connectivity index (χ2n) is 6.81. The lowest BCUT2D eigenvalue weighted by molar-refractivity contribution is 0.0617. The van der Waals surface area contributed by atoms with Crippen LogP contribution in [0.1, 0.15) is 25.0 Å². The minimum atomic E-state index is -0.989. The number of aliphatic hydroxyl groups is 1. The number of aromatic nitrogens is 2. The largest absolute Gasteiger partial charge is 0.384 e. The van der Waals surface area contributed by atoms with Crippen LogP contribution in [0.25, 0.3) is 5.69 Å². The highest BCUT2D eigenvalue weighted by Crippen LogP contribution is 2.18. The molecule has 0 fully saturated rings. The van der Waals surface area contributed by atoms with Gasteiger partial charge in [0.05, 0.1) is 18.8 Å². The summed E-state index contributed by atoms with van der Waals surface area (Å²) >= 11 is 0. The smallest absolute Gasteiger partial charge is 0.191 e. The zero-order valence-corrected chi connectivity index (χ0v) is 19.1. The van der Waals surface area contributed by atoms with Crippen LogP contribution in [0.2, 0.25) is 0 Å². The van der Waals surface area contributed by atoms with Gasteiger partial charge in [-0.05, 0) is 43.2 Å². The number of aliphatic imine (C=N–C) groups is 1. The summed E-state index contributed by atoms with van der Waals surface area (Å²) in [6.45, 7) is 5.44.